The maximum atomic E-state index is 13.1. The number of carbonyl (C=O) groups excluding carboxylic acids is 1. The van der Waals surface area contributed by atoms with Crippen molar-refractivity contribution < 1.29 is 9.53 Å². The van der Waals surface area contributed by atoms with Crippen LogP contribution in [0.1, 0.15) is 21.3 Å². The Balaban J connectivity index is 1.88. The number of ether oxygens (including phenoxy) is 1. The molecule has 0 N–H and O–H groups in total. The van der Waals surface area contributed by atoms with Crippen molar-refractivity contribution >= 4 is 29.1 Å². The maximum Gasteiger partial charge on any atom is 0.197 e. The van der Waals surface area contributed by atoms with Crippen LogP contribution in [0, 0.1) is 0 Å². The fourth-order valence-corrected chi connectivity index (χ4v) is 4.43. The first-order valence-corrected chi connectivity index (χ1v) is 8.76. The van der Waals surface area contributed by atoms with Gasteiger partial charge in [-0.05, 0) is 42.0 Å². The number of aromatic nitrogens is 1. The molecule has 0 aliphatic carbocycles. The predicted octanol–water partition coefficient (Wildman–Crippen LogP) is 5.17. The minimum atomic E-state index is -0.342. The third-order valence-corrected chi connectivity index (χ3v) is 5.91. The second-order valence-electron chi connectivity index (χ2n) is 5.49. The third-order valence-electron chi connectivity index (χ3n) is 4.10. The number of halogens is 1. The summed E-state index contributed by atoms with van der Waals surface area (Å²) in [7, 11) is 1.63. The Kier molecular flexibility index (Phi) is 3.87. The van der Waals surface area contributed by atoms with Gasteiger partial charge in [0.25, 0.3) is 0 Å². The Morgan fingerprint density at radius 1 is 1.08 bits per heavy atom. The van der Waals surface area contributed by atoms with Gasteiger partial charge in [-0.15, -0.1) is 11.8 Å². The monoisotopic (exact) mass is 355 g/mol. The number of rotatable bonds is 2. The largest absolute Gasteiger partial charge is 0.497 e. The van der Waals surface area contributed by atoms with Crippen LogP contribution < -0.4 is 4.74 Å². The molecule has 0 spiro atoms. The van der Waals surface area contributed by atoms with Gasteiger partial charge in [-0.25, -0.2) is 0 Å². The first-order valence-electron chi connectivity index (χ1n) is 7.50. The number of benzene rings is 2. The number of fused-ring (bicyclic) bond motifs is 3. The highest BCUT2D eigenvalue weighted by atomic mass is 35.5. The van der Waals surface area contributed by atoms with E-state index in [2.05, 4.69) is 0 Å². The second kappa shape index (κ2) is 6.04. The Hall–Kier alpha value is -2.17. The van der Waals surface area contributed by atoms with Crippen LogP contribution in [-0.4, -0.2) is 17.5 Å². The topological polar surface area (TPSA) is 31.2 Å². The van der Waals surface area contributed by atoms with Crippen molar-refractivity contribution in [3.05, 3.63) is 77.1 Å². The smallest absolute Gasteiger partial charge is 0.197 e. The van der Waals surface area contributed by atoms with Crippen molar-refractivity contribution in [2.45, 2.75) is 10.1 Å². The van der Waals surface area contributed by atoms with Gasteiger partial charge in [-0.1, -0.05) is 29.8 Å². The lowest BCUT2D eigenvalue weighted by atomic mass is 10.1. The number of nitrogens with zero attached hydrogens (tertiary/aromatic N) is 1. The number of hydrogen-bond acceptors (Lipinski definition) is 3. The second-order valence-corrected chi connectivity index (χ2v) is 7.01. The average molecular weight is 356 g/mol. The Morgan fingerprint density at radius 3 is 2.62 bits per heavy atom. The lowest BCUT2D eigenvalue weighted by molar-refractivity contribution is 0.0983. The molecule has 4 rings (SSSR count). The Bertz CT molecular complexity index is 917. The summed E-state index contributed by atoms with van der Waals surface area (Å²) < 4.78 is 7.13. The van der Waals surface area contributed by atoms with Crippen molar-refractivity contribution in [2.75, 3.05) is 7.11 Å². The van der Waals surface area contributed by atoms with Gasteiger partial charge >= 0.3 is 0 Å². The van der Waals surface area contributed by atoms with E-state index in [0.717, 1.165) is 21.9 Å². The minimum Gasteiger partial charge on any atom is -0.497 e. The molecule has 3 nitrogen and oxygen atoms in total. The summed E-state index contributed by atoms with van der Waals surface area (Å²) in [5.74, 6) is 0.842. The van der Waals surface area contributed by atoms with E-state index in [4.69, 9.17) is 16.3 Å². The maximum absolute atomic E-state index is 13.1. The summed E-state index contributed by atoms with van der Waals surface area (Å²) in [5.41, 5.74) is 2.55. The zero-order valence-electron chi connectivity index (χ0n) is 12.9. The average Bonchev–Trinajstić information content (AvgIpc) is 3.06. The summed E-state index contributed by atoms with van der Waals surface area (Å²) in [6.45, 7) is 0. The van der Waals surface area contributed by atoms with Gasteiger partial charge in [-0.2, -0.15) is 0 Å². The number of Topliss-reactive ketones (excluding diaryl/α,β-unsaturated/α-hetero) is 1. The molecule has 3 aromatic rings. The van der Waals surface area contributed by atoms with E-state index in [9.17, 15) is 4.79 Å². The summed E-state index contributed by atoms with van der Waals surface area (Å²) in [6, 6.07) is 17.1. The Labute approximate surface area is 149 Å². The van der Waals surface area contributed by atoms with Crippen molar-refractivity contribution in [3.63, 3.8) is 0 Å². The molecule has 0 saturated heterocycles. The van der Waals surface area contributed by atoms with Crippen LogP contribution in [0.25, 0.3) is 5.69 Å². The van der Waals surface area contributed by atoms with E-state index in [1.54, 1.807) is 7.11 Å². The fourth-order valence-electron chi connectivity index (χ4n) is 2.90. The molecule has 1 atom stereocenters. The van der Waals surface area contributed by atoms with Gasteiger partial charge < -0.3 is 9.30 Å². The van der Waals surface area contributed by atoms with Crippen LogP contribution in [0.4, 0.5) is 0 Å². The molecule has 120 valence electrons. The highest BCUT2D eigenvalue weighted by Crippen LogP contribution is 2.46. The predicted molar refractivity (Wildman–Crippen MR) is 96.7 cm³/mol. The van der Waals surface area contributed by atoms with Crippen molar-refractivity contribution in [1.82, 2.24) is 4.57 Å². The first kappa shape index (κ1) is 15.4. The number of carbonyl (C=O) groups is 1. The molecular formula is C19H14ClNO2S. The molecule has 24 heavy (non-hydrogen) atoms. The summed E-state index contributed by atoms with van der Waals surface area (Å²) in [4.78, 5) is 14.0. The molecule has 0 bridgehead atoms. The van der Waals surface area contributed by atoms with E-state index in [0.29, 0.717) is 10.7 Å². The van der Waals surface area contributed by atoms with Crippen LogP contribution in [0.3, 0.4) is 0 Å². The number of thioether (sulfide) groups is 1. The van der Waals surface area contributed by atoms with Crippen LogP contribution in [0.2, 0.25) is 5.02 Å². The normalized spacial score (nSPS) is 16.2. The van der Waals surface area contributed by atoms with Gasteiger partial charge in [-0.3, -0.25) is 4.79 Å². The molecule has 2 heterocycles. The molecule has 5 heteroatoms. The van der Waals surface area contributed by atoms with E-state index in [1.807, 2.05) is 65.4 Å². The lowest BCUT2D eigenvalue weighted by Crippen LogP contribution is -2.11. The fraction of sp³-hybridized carbons (Fsp3) is 0.105. The molecule has 0 amide bonds. The highest BCUT2D eigenvalue weighted by molar-refractivity contribution is 8.00. The van der Waals surface area contributed by atoms with Gasteiger partial charge in [0, 0.05) is 6.20 Å². The van der Waals surface area contributed by atoms with Crippen molar-refractivity contribution in [3.8, 4) is 11.4 Å². The zero-order chi connectivity index (χ0) is 16.7. The number of hydrogen-bond donors (Lipinski definition) is 0. The number of methoxy groups -OCH3 is 1. The molecule has 2 aromatic carbocycles. The van der Waals surface area contributed by atoms with Crippen molar-refractivity contribution in [1.29, 1.82) is 0 Å². The van der Waals surface area contributed by atoms with Crippen LogP contribution in [0.15, 0.2) is 65.7 Å². The first-order chi connectivity index (χ1) is 11.7. The molecule has 1 aliphatic heterocycles. The molecular weight excluding hydrogens is 342 g/mol. The molecule has 0 saturated carbocycles. The third kappa shape index (κ3) is 2.43. The van der Waals surface area contributed by atoms with Crippen LogP contribution >= 0.6 is 23.4 Å². The highest BCUT2D eigenvalue weighted by Gasteiger charge is 2.31. The summed E-state index contributed by atoms with van der Waals surface area (Å²) >= 11 is 7.93. The summed E-state index contributed by atoms with van der Waals surface area (Å²) in [6.07, 6.45) is 1.90. The van der Waals surface area contributed by atoms with Crippen molar-refractivity contribution in [2.24, 2.45) is 0 Å². The Morgan fingerprint density at radius 2 is 1.88 bits per heavy atom. The molecule has 0 radical (unpaired) electrons. The van der Waals surface area contributed by atoms with E-state index in [1.165, 1.54) is 11.8 Å². The molecule has 1 aromatic heterocycles. The zero-order valence-corrected chi connectivity index (χ0v) is 14.5. The van der Waals surface area contributed by atoms with Gasteiger partial charge in [0.1, 0.15) is 5.75 Å². The number of ketones is 1. The van der Waals surface area contributed by atoms with E-state index < -0.39 is 0 Å². The minimum absolute atomic E-state index is 0.0717. The standard InChI is InChI=1S/C19H14ClNO2S/c1-23-13-9-7-12(8-10-13)18-17(22)15-6-3-11-21(15)16-5-2-4-14(20)19(16)24-18/h2-11,18H,1H3. The molecule has 1 aliphatic rings. The van der Waals surface area contributed by atoms with Crippen LogP contribution in [0.5, 0.6) is 5.75 Å². The molecule has 1 unspecified atom stereocenters. The lowest BCUT2D eigenvalue weighted by Gasteiger charge is -2.14. The van der Waals surface area contributed by atoms with Gasteiger partial charge in [0.05, 0.1) is 33.7 Å². The van der Waals surface area contributed by atoms with Gasteiger partial charge in [0.2, 0.25) is 0 Å². The van der Waals surface area contributed by atoms with Gasteiger partial charge in [0.15, 0.2) is 5.78 Å². The molecule has 0 fully saturated rings. The quantitative estimate of drug-likeness (QED) is 0.635. The van der Waals surface area contributed by atoms with E-state index >= 15 is 0 Å². The SMILES string of the molecule is COc1ccc(C2Sc3c(Cl)cccc3-n3cccc3C2=O)cc1. The van der Waals surface area contributed by atoms with E-state index in [-0.39, 0.29) is 11.0 Å². The van der Waals surface area contributed by atoms with Crippen LogP contribution in [-0.2, 0) is 0 Å². The summed E-state index contributed by atoms with van der Waals surface area (Å²) in [5, 5.41) is 0.316.